The van der Waals surface area contributed by atoms with Gasteiger partial charge in [0.1, 0.15) is 11.9 Å². The van der Waals surface area contributed by atoms with Crippen LogP contribution in [-0.4, -0.2) is 26.9 Å². The van der Waals surface area contributed by atoms with Gasteiger partial charge in [0.05, 0.1) is 11.6 Å². The monoisotopic (exact) mass is 633 g/mol. The van der Waals surface area contributed by atoms with Gasteiger partial charge in [0.25, 0.3) is 5.56 Å². The highest BCUT2D eigenvalue weighted by Crippen LogP contribution is 2.45. The van der Waals surface area contributed by atoms with E-state index in [1.165, 1.54) is 36.0 Å². The molecule has 0 spiro atoms. The zero-order valence-corrected chi connectivity index (χ0v) is 25.2. The van der Waals surface area contributed by atoms with E-state index in [-0.39, 0.29) is 23.3 Å². The van der Waals surface area contributed by atoms with Crippen molar-refractivity contribution in [1.82, 2.24) is 14.5 Å². The number of benzene rings is 3. The van der Waals surface area contributed by atoms with E-state index in [0.717, 1.165) is 53.8 Å². The number of amides is 1. The van der Waals surface area contributed by atoms with Crippen molar-refractivity contribution in [3.8, 4) is 11.1 Å². The molecule has 0 N–H and O–H groups in total. The van der Waals surface area contributed by atoms with Crippen molar-refractivity contribution in [2.45, 2.75) is 67.7 Å². The predicted molar refractivity (Wildman–Crippen MR) is 164 cm³/mol. The lowest BCUT2D eigenvalue weighted by atomic mass is 9.98. The summed E-state index contributed by atoms with van der Waals surface area (Å²) >= 11 is 1.39. The van der Waals surface area contributed by atoms with Crippen LogP contribution in [0.3, 0.4) is 0 Å². The van der Waals surface area contributed by atoms with Crippen LogP contribution in [0.2, 0.25) is 0 Å². The summed E-state index contributed by atoms with van der Waals surface area (Å²) in [5.41, 5.74) is 3.98. The molecule has 2 heterocycles. The summed E-state index contributed by atoms with van der Waals surface area (Å²) in [5, 5.41) is 0.507. The van der Waals surface area contributed by atoms with Gasteiger partial charge in [0.15, 0.2) is 5.16 Å². The highest BCUT2D eigenvalue weighted by Gasteiger charge is 2.45. The predicted octanol–water partition coefficient (Wildman–Crippen LogP) is 7.77. The van der Waals surface area contributed by atoms with Crippen LogP contribution in [0.4, 0.5) is 17.6 Å². The van der Waals surface area contributed by atoms with Crippen LogP contribution in [0.5, 0.6) is 0 Å². The molecule has 1 aromatic heterocycles. The Bertz CT molecular complexity index is 1780. The minimum Gasteiger partial charge on any atom is -0.333 e. The van der Waals surface area contributed by atoms with E-state index in [1.807, 2.05) is 33.7 Å². The van der Waals surface area contributed by atoms with Crippen molar-refractivity contribution in [3.05, 3.63) is 117 Å². The Morgan fingerprint density at radius 1 is 0.844 bits per heavy atom. The van der Waals surface area contributed by atoms with E-state index in [0.29, 0.717) is 53.8 Å². The second kappa shape index (κ2) is 11.8. The van der Waals surface area contributed by atoms with Crippen molar-refractivity contribution in [2.75, 3.05) is 6.54 Å². The molecule has 1 amide bonds. The lowest BCUT2D eigenvalue weighted by molar-refractivity contribution is -0.137. The maximum absolute atomic E-state index is 14.3. The number of aromatic nitrogens is 2. The topological polar surface area (TPSA) is 55.2 Å². The Morgan fingerprint density at radius 3 is 2.16 bits per heavy atom. The SMILES string of the molecule is O=C1C(n2c(SCc3ccc(F)cc3)nc(=O)c3c2CCC3)CC(c2ccc(-c3ccc(C(F)(F)F)cc3)cc2)N1CC1CC1. The van der Waals surface area contributed by atoms with Gasteiger partial charge >= 0.3 is 6.18 Å². The zero-order chi connectivity index (χ0) is 31.3. The molecule has 0 radical (unpaired) electrons. The minimum atomic E-state index is -4.39. The number of carbonyl (C=O) groups is 1. The fraction of sp³-hybridized carbons (Fsp3) is 0.343. The van der Waals surface area contributed by atoms with Crippen LogP contribution in [0, 0.1) is 11.7 Å². The molecule has 2 fully saturated rings. The van der Waals surface area contributed by atoms with Gasteiger partial charge in [-0.25, -0.2) is 4.39 Å². The summed E-state index contributed by atoms with van der Waals surface area (Å²) < 4.78 is 54.7. The summed E-state index contributed by atoms with van der Waals surface area (Å²) in [6.07, 6.45) is 0.483. The molecule has 45 heavy (non-hydrogen) atoms. The molecule has 10 heteroatoms. The molecule has 2 atom stereocenters. The number of hydrogen-bond donors (Lipinski definition) is 0. The summed E-state index contributed by atoms with van der Waals surface area (Å²) in [5.74, 6) is 0.642. The quantitative estimate of drug-likeness (QED) is 0.113. The van der Waals surface area contributed by atoms with Gasteiger partial charge < -0.3 is 9.47 Å². The van der Waals surface area contributed by atoms with Gasteiger partial charge in [-0.05, 0) is 84.5 Å². The molecule has 1 aliphatic heterocycles. The molecule has 2 aliphatic carbocycles. The number of carbonyl (C=O) groups excluding carboxylic acids is 1. The number of nitrogens with zero attached hydrogens (tertiary/aromatic N) is 3. The molecule has 1 saturated carbocycles. The summed E-state index contributed by atoms with van der Waals surface area (Å²) in [4.78, 5) is 33.7. The molecule has 1 saturated heterocycles. The zero-order valence-electron chi connectivity index (χ0n) is 24.4. The summed E-state index contributed by atoms with van der Waals surface area (Å²) in [6.45, 7) is 0.661. The molecule has 232 valence electrons. The fourth-order valence-corrected chi connectivity index (χ4v) is 7.57. The molecule has 4 aromatic rings. The van der Waals surface area contributed by atoms with Crippen molar-refractivity contribution >= 4 is 17.7 Å². The van der Waals surface area contributed by atoms with Gasteiger partial charge in [-0.2, -0.15) is 18.2 Å². The third-order valence-corrected chi connectivity index (χ3v) is 10.1. The molecule has 5 nitrogen and oxygen atoms in total. The second-order valence-corrected chi connectivity index (χ2v) is 13.1. The van der Waals surface area contributed by atoms with E-state index in [4.69, 9.17) is 0 Å². The number of halogens is 4. The van der Waals surface area contributed by atoms with Crippen molar-refractivity contribution in [3.63, 3.8) is 0 Å². The maximum atomic E-state index is 14.3. The van der Waals surface area contributed by atoms with E-state index < -0.39 is 17.8 Å². The van der Waals surface area contributed by atoms with E-state index >= 15 is 0 Å². The maximum Gasteiger partial charge on any atom is 0.416 e. The molecule has 3 aliphatic rings. The van der Waals surface area contributed by atoms with E-state index in [9.17, 15) is 27.2 Å². The first-order valence-corrected chi connectivity index (χ1v) is 16.2. The lowest BCUT2D eigenvalue weighted by Crippen LogP contribution is -2.33. The molecule has 3 aromatic carbocycles. The van der Waals surface area contributed by atoms with Crippen molar-refractivity contribution < 1.29 is 22.4 Å². The Labute approximate surface area is 262 Å². The van der Waals surface area contributed by atoms with Crippen LogP contribution in [-0.2, 0) is 29.6 Å². The van der Waals surface area contributed by atoms with Crippen molar-refractivity contribution in [1.29, 1.82) is 0 Å². The number of fused-ring (bicyclic) bond motifs is 1. The van der Waals surface area contributed by atoms with Gasteiger partial charge in [-0.1, -0.05) is 60.3 Å². The highest BCUT2D eigenvalue weighted by atomic mass is 32.2. The number of likely N-dealkylation sites (tertiary alicyclic amines) is 1. The lowest BCUT2D eigenvalue weighted by Gasteiger charge is -2.25. The smallest absolute Gasteiger partial charge is 0.333 e. The van der Waals surface area contributed by atoms with Crippen LogP contribution in [0.1, 0.15) is 65.7 Å². The van der Waals surface area contributed by atoms with Gasteiger partial charge in [0, 0.05) is 30.0 Å². The summed E-state index contributed by atoms with van der Waals surface area (Å²) in [6, 6.07) is 18.4. The Morgan fingerprint density at radius 2 is 1.51 bits per heavy atom. The van der Waals surface area contributed by atoms with Crippen LogP contribution < -0.4 is 5.56 Å². The molecular weight excluding hydrogens is 602 g/mol. The third kappa shape index (κ3) is 6.04. The number of hydrogen-bond acceptors (Lipinski definition) is 4. The highest BCUT2D eigenvalue weighted by molar-refractivity contribution is 7.98. The average Bonchev–Trinajstić information content (AvgIpc) is 3.62. The average molecular weight is 634 g/mol. The number of thioether (sulfide) groups is 1. The van der Waals surface area contributed by atoms with Crippen LogP contribution in [0.15, 0.2) is 82.7 Å². The number of rotatable bonds is 8. The first-order chi connectivity index (χ1) is 21.7. The minimum absolute atomic E-state index is 0.0156. The first-order valence-electron chi connectivity index (χ1n) is 15.3. The standard InChI is InChI=1S/C35H31F4N3O2S/c36-27-16-6-22(7-17-27)20-45-34-40-32(43)28-2-1-3-29(28)42(34)31-18-30(41(33(31)44)19-21-4-5-21)25-10-8-23(9-11-25)24-12-14-26(15-13-24)35(37,38)39/h6-17,21,30-31H,1-5,18-20H2. The van der Waals surface area contributed by atoms with Gasteiger partial charge in [-0.3, -0.25) is 9.59 Å². The van der Waals surface area contributed by atoms with Gasteiger partial charge in [0.2, 0.25) is 5.91 Å². The number of alkyl halides is 3. The fourth-order valence-electron chi connectivity index (χ4n) is 6.56. The second-order valence-electron chi connectivity index (χ2n) is 12.2. The van der Waals surface area contributed by atoms with Gasteiger partial charge in [-0.15, -0.1) is 0 Å². The molecule has 0 bridgehead atoms. The van der Waals surface area contributed by atoms with Crippen LogP contribution >= 0.6 is 11.8 Å². The molecule has 2 unspecified atom stereocenters. The normalized spacial score (nSPS) is 19.7. The van der Waals surface area contributed by atoms with Crippen molar-refractivity contribution in [2.24, 2.45) is 5.92 Å². The Balaban J connectivity index is 1.20. The van der Waals surface area contributed by atoms with Crippen LogP contribution in [0.25, 0.3) is 11.1 Å². The third-order valence-electron chi connectivity index (χ3n) is 9.12. The molecular formula is C35H31F4N3O2S. The summed E-state index contributed by atoms with van der Waals surface area (Å²) in [7, 11) is 0. The molecule has 7 rings (SSSR count). The largest absolute Gasteiger partial charge is 0.416 e. The first kappa shape index (κ1) is 29.8. The Kier molecular flexibility index (Phi) is 7.79. The van der Waals surface area contributed by atoms with E-state index in [2.05, 4.69) is 4.98 Å². The Hall–Kier alpha value is -3.92. The van der Waals surface area contributed by atoms with E-state index in [1.54, 1.807) is 12.1 Å².